The fraction of sp³-hybridized carbons (Fsp3) is 0.500. The van der Waals surface area contributed by atoms with Crippen molar-refractivity contribution in [1.82, 2.24) is 19.4 Å². The van der Waals surface area contributed by atoms with E-state index < -0.39 is 0 Å². The Morgan fingerprint density at radius 1 is 1.38 bits per heavy atom. The summed E-state index contributed by atoms with van der Waals surface area (Å²) in [6.07, 6.45) is 4.00. The molecule has 1 aromatic rings. The first kappa shape index (κ1) is 10.7. The van der Waals surface area contributed by atoms with Gasteiger partial charge in [-0.25, -0.2) is 4.98 Å². The lowest BCUT2D eigenvalue weighted by atomic mass is 10.3. The van der Waals surface area contributed by atoms with E-state index in [0.717, 1.165) is 6.41 Å². The zero-order chi connectivity index (χ0) is 11.5. The average Bonchev–Trinajstić information content (AvgIpc) is 2.75. The van der Waals surface area contributed by atoms with Crippen LogP contribution in [-0.4, -0.2) is 57.8 Å². The Morgan fingerprint density at radius 2 is 2.06 bits per heavy atom. The van der Waals surface area contributed by atoms with Crippen LogP contribution in [0.2, 0.25) is 0 Å². The first-order valence-electron chi connectivity index (χ1n) is 5.17. The van der Waals surface area contributed by atoms with E-state index in [1.54, 1.807) is 33.9 Å². The van der Waals surface area contributed by atoms with Gasteiger partial charge in [-0.3, -0.25) is 9.59 Å². The van der Waals surface area contributed by atoms with Crippen LogP contribution in [0, 0.1) is 0 Å². The van der Waals surface area contributed by atoms with E-state index >= 15 is 0 Å². The van der Waals surface area contributed by atoms with Crippen molar-refractivity contribution in [1.29, 1.82) is 0 Å². The zero-order valence-electron chi connectivity index (χ0n) is 9.17. The predicted molar refractivity (Wildman–Crippen MR) is 56.7 cm³/mol. The van der Waals surface area contributed by atoms with E-state index in [1.165, 1.54) is 0 Å². The van der Waals surface area contributed by atoms with Crippen LogP contribution in [0.1, 0.15) is 10.5 Å². The number of hydrogen-bond donors (Lipinski definition) is 0. The van der Waals surface area contributed by atoms with Gasteiger partial charge < -0.3 is 14.4 Å². The van der Waals surface area contributed by atoms with Gasteiger partial charge in [0.1, 0.15) is 5.69 Å². The second kappa shape index (κ2) is 4.34. The molecule has 1 fully saturated rings. The molecule has 0 spiro atoms. The minimum Gasteiger partial charge on any atom is -0.342 e. The van der Waals surface area contributed by atoms with Gasteiger partial charge >= 0.3 is 0 Å². The average molecular weight is 222 g/mol. The van der Waals surface area contributed by atoms with Gasteiger partial charge in [-0.05, 0) is 0 Å². The molecule has 0 radical (unpaired) electrons. The number of aromatic nitrogens is 2. The van der Waals surface area contributed by atoms with Gasteiger partial charge in [-0.15, -0.1) is 0 Å². The lowest BCUT2D eigenvalue weighted by Crippen LogP contribution is -2.48. The third kappa shape index (κ3) is 1.91. The smallest absolute Gasteiger partial charge is 0.272 e. The third-order valence-corrected chi connectivity index (χ3v) is 2.79. The van der Waals surface area contributed by atoms with E-state index in [2.05, 4.69) is 4.98 Å². The Balaban J connectivity index is 2.02. The van der Waals surface area contributed by atoms with Crippen LogP contribution < -0.4 is 0 Å². The SMILES string of the molecule is Cn1cncc1C(=O)N1CCN(C=O)CC1. The van der Waals surface area contributed by atoms with Gasteiger partial charge in [0.2, 0.25) is 6.41 Å². The van der Waals surface area contributed by atoms with Gasteiger partial charge in [0.15, 0.2) is 0 Å². The molecule has 1 aliphatic rings. The van der Waals surface area contributed by atoms with Gasteiger partial charge in [0.05, 0.1) is 12.5 Å². The number of carbonyl (C=O) groups excluding carboxylic acids is 2. The highest BCUT2D eigenvalue weighted by Gasteiger charge is 2.22. The summed E-state index contributed by atoms with van der Waals surface area (Å²) in [5.41, 5.74) is 0.583. The number of nitrogens with zero attached hydrogens (tertiary/aromatic N) is 4. The minimum absolute atomic E-state index is 0.0226. The molecule has 0 aromatic carbocycles. The topological polar surface area (TPSA) is 58.4 Å². The molecular weight excluding hydrogens is 208 g/mol. The van der Waals surface area contributed by atoms with Crippen LogP contribution in [0.25, 0.3) is 0 Å². The molecule has 2 amide bonds. The normalized spacial score (nSPS) is 16.3. The number of aryl methyl sites for hydroxylation is 1. The predicted octanol–water partition coefficient (Wildman–Crippen LogP) is -0.666. The van der Waals surface area contributed by atoms with Crippen molar-refractivity contribution in [3.8, 4) is 0 Å². The molecule has 1 saturated heterocycles. The molecule has 0 saturated carbocycles. The standard InChI is InChI=1S/C10H14N4O2/c1-12-7-11-6-9(12)10(16)14-4-2-13(8-15)3-5-14/h6-8H,2-5H2,1H3. The number of piperazine rings is 1. The minimum atomic E-state index is -0.0226. The van der Waals surface area contributed by atoms with E-state index in [9.17, 15) is 9.59 Å². The molecule has 0 bridgehead atoms. The maximum absolute atomic E-state index is 12.0. The van der Waals surface area contributed by atoms with Crippen molar-refractivity contribution >= 4 is 12.3 Å². The Morgan fingerprint density at radius 3 is 2.56 bits per heavy atom. The highest BCUT2D eigenvalue weighted by molar-refractivity contribution is 5.92. The Bertz CT molecular complexity index is 393. The van der Waals surface area contributed by atoms with Crippen molar-refractivity contribution < 1.29 is 9.59 Å². The van der Waals surface area contributed by atoms with Crippen molar-refractivity contribution in [3.63, 3.8) is 0 Å². The van der Waals surface area contributed by atoms with Crippen molar-refractivity contribution in [2.45, 2.75) is 0 Å². The number of carbonyl (C=O) groups is 2. The summed E-state index contributed by atoms with van der Waals surface area (Å²) in [4.78, 5) is 29.9. The van der Waals surface area contributed by atoms with E-state index in [0.29, 0.717) is 31.9 Å². The number of hydrogen-bond acceptors (Lipinski definition) is 3. The second-order valence-electron chi connectivity index (χ2n) is 3.82. The van der Waals surface area contributed by atoms with Crippen LogP contribution >= 0.6 is 0 Å². The summed E-state index contributed by atoms with van der Waals surface area (Å²) in [6.45, 7) is 2.38. The molecule has 6 nitrogen and oxygen atoms in total. The molecule has 1 aliphatic heterocycles. The van der Waals surface area contributed by atoms with Crippen LogP contribution in [0.5, 0.6) is 0 Å². The molecule has 6 heteroatoms. The third-order valence-electron chi connectivity index (χ3n) is 2.79. The zero-order valence-corrected chi connectivity index (χ0v) is 9.17. The Kier molecular flexibility index (Phi) is 2.89. The summed E-state index contributed by atoms with van der Waals surface area (Å²) < 4.78 is 1.70. The molecule has 1 aromatic heterocycles. The van der Waals surface area contributed by atoms with Crippen LogP contribution in [-0.2, 0) is 11.8 Å². The summed E-state index contributed by atoms with van der Waals surface area (Å²) >= 11 is 0. The van der Waals surface area contributed by atoms with E-state index in [1.807, 2.05) is 0 Å². The fourth-order valence-electron chi connectivity index (χ4n) is 1.76. The molecule has 16 heavy (non-hydrogen) atoms. The maximum Gasteiger partial charge on any atom is 0.272 e. The largest absolute Gasteiger partial charge is 0.342 e. The summed E-state index contributed by atoms with van der Waals surface area (Å²) in [6, 6.07) is 0. The van der Waals surface area contributed by atoms with E-state index in [-0.39, 0.29) is 5.91 Å². The first-order valence-corrected chi connectivity index (χ1v) is 5.17. The van der Waals surface area contributed by atoms with Crippen LogP contribution in [0.4, 0.5) is 0 Å². The highest BCUT2D eigenvalue weighted by Crippen LogP contribution is 2.06. The van der Waals surface area contributed by atoms with Gasteiger partial charge in [-0.1, -0.05) is 0 Å². The Labute approximate surface area is 93.5 Å². The lowest BCUT2D eigenvalue weighted by Gasteiger charge is -2.32. The molecule has 0 atom stereocenters. The monoisotopic (exact) mass is 222 g/mol. The van der Waals surface area contributed by atoms with Gasteiger partial charge in [0.25, 0.3) is 5.91 Å². The summed E-state index contributed by atoms with van der Waals surface area (Å²) in [5.74, 6) is -0.0226. The lowest BCUT2D eigenvalue weighted by molar-refractivity contribution is -0.119. The quantitative estimate of drug-likeness (QED) is 0.624. The second-order valence-corrected chi connectivity index (χ2v) is 3.82. The van der Waals surface area contributed by atoms with Crippen molar-refractivity contribution in [2.75, 3.05) is 26.2 Å². The molecule has 0 N–H and O–H groups in total. The maximum atomic E-state index is 12.0. The fourth-order valence-corrected chi connectivity index (χ4v) is 1.76. The first-order chi connectivity index (χ1) is 7.72. The molecule has 0 unspecified atom stereocenters. The number of amides is 2. The molecule has 2 rings (SSSR count). The summed E-state index contributed by atoms with van der Waals surface area (Å²) in [5, 5.41) is 0. The molecule has 86 valence electrons. The van der Waals surface area contributed by atoms with E-state index in [4.69, 9.17) is 0 Å². The van der Waals surface area contributed by atoms with Crippen LogP contribution in [0.15, 0.2) is 12.5 Å². The summed E-state index contributed by atoms with van der Waals surface area (Å²) in [7, 11) is 1.79. The molecule has 2 heterocycles. The highest BCUT2D eigenvalue weighted by atomic mass is 16.2. The van der Waals surface area contributed by atoms with Crippen molar-refractivity contribution in [3.05, 3.63) is 18.2 Å². The van der Waals surface area contributed by atoms with Crippen LogP contribution in [0.3, 0.4) is 0 Å². The number of rotatable bonds is 2. The molecular formula is C10H14N4O2. The van der Waals surface area contributed by atoms with Crippen molar-refractivity contribution in [2.24, 2.45) is 7.05 Å². The Hall–Kier alpha value is -1.85. The van der Waals surface area contributed by atoms with Gasteiger partial charge in [-0.2, -0.15) is 0 Å². The number of imidazole rings is 1. The van der Waals surface area contributed by atoms with Gasteiger partial charge in [0, 0.05) is 33.2 Å². The molecule has 0 aliphatic carbocycles.